The van der Waals surface area contributed by atoms with Crippen molar-refractivity contribution in [2.45, 2.75) is 32.4 Å². The van der Waals surface area contributed by atoms with Crippen molar-refractivity contribution in [3.8, 4) is 0 Å². The van der Waals surface area contributed by atoms with Gasteiger partial charge in [-0.05, 0) is 25.9 Å². The molecule has 1 aliphatic heterocycles. The highest BCUT2D eigenvalue weighted by molar-refractivity contribution is 7.14. The number of nitrogens with zero attached hydrogens (tertiary/aromatic N) is 3. The first-order valence-electron chi connectivity index (χ1n) is 7.37. The Morgan fingerprint density at radius 2 is 2.05 bits per heavy atom. The summed E-state index contributed by atoms with van der Waals surface area (Å²) in [7, 11) is 0. The molecule has 1 saturated heterocycles. The van der Waals surface area contributed by atoms with E-state index in [0.29, 0.717) is 17.4 Å². The first-order chi connectivity index (χ1) is 10.7. The molecule has 0 aliphatic carbocycles. The second kappa shape index (κ2) is 7.28. The smallest absolute Gasteiger partial charge is 0.276 e. The predicted octanol–water partition coefficient (Wildman–Crippen LogP) is 2.30. The fraction of sp³-hybridized carbons (Fsp3) is 0.500. The van der Waals surface area contributed by atoms with Crippen LogP contribution in [0.5, 0.6) is 0 Å². The van der Waals surface area contributed by atoms with Gasteiger partial charge in [0.05, 0.1) is 5.69 Å². The van der Waals surface area contributed by atoms with Gasteiger partial charge in [-0.25, -0.2) is 9.97 Å². The van der Waals surface area contributed by atoms with Crippen molar-refractivity contribution in [2.24, 2.45) is 5.73 Å². The van der Waals surface area contributed by atoms with Crippen LogP contribution in [0.4, 0.5) is 5.13 Å². The van der Waals surface area contributed by atoms with Crippen molar-refractivity contribution in [3.63, 3.8) is 0 Å². The summed E-state index contributed by atoms with van der Waals surface area (Å²) in [5.74, 6) is -0.227. The van der Waals surface area contributed by atoms with Gasteiger partial charge < -0.3 is 5.73 Å². The Kier molecular flexibility index (Phi) is 5.14. The molecule has 0 atom stereocenters. The average molecular weight is 337 g/mol. The zero-order chi connectivity index (χ0) is 15.4. The maximum Gasteiger partial charge on any atom is 0.276 e. The number of thiazole rings is 2. The first kappa shape index (κ1) is 15.5. The predicted molar refractivity (Wildman–Crippen MR) is 89.2 cm³/mol. The number of nitrogens with two attached hydrogens (primary N) is 1. The van der Waals surface area contributed by atoms with E-state index in [-0.39, 0.29) is 5.91 Å². The summed E-state index contributed by atoms with van der Waals surface area (Å²) in [6.07, 6.45) is 3.86. The van der Waals surface area contributed by atoms with Gasteiger partial charge in [-0.3, -0.25) is 15.0 Å². The molecule has 2 aromatic rings. The lowest BCUT2D eigenvalue weighted by molar-refractivity contribution is 0.102. The summed E-state index contributed by atoms with van der Waals surface area (Å²) in [5.41, 5.74) is 6.93. The molecule has 0 aromatic carbocycles. The van der Waals surface area contributed by atoms with Crippen LogP contribution in [0.3, 0.4) is 0 Å². The van der Waals surface area contributed by atoms with Crippen LogP contribution >= 0.6 is 22.7 Å². The Morgan fingerprint density at radius 3 is 2.77 bits per heavy atom. The molecular weight excluding hydrogens is 318 g/mol. The van der Waals surface area contributed by atoms with Crippen LogP contribution < -0.4 is 11.1 Å². The molecule has 8 heteroatoms. The third-order valence-electron chi connectivity index (χ3n) is 3.57. The molecule has 3 N–H and O–H groups in total. The zero-order valence-corrected chi connectivity index (χ0v) is 13.9. The zero-order valence-electron chi connectivity index (χ0n) is 12.2. The standard InChI is InChI=1S/C14H19N5OS2/c15-6-12-17-11(9-21-12)13(20)18-14-16-10(8-22-14)7-19-4-2-1-3-5-19/h8-9H,1-7,15H2,(H,16,18,20). The molecule has 118 valence electrons. The number of rotatable bonds is 5. The molecule has 0 radical (unpaired) electrons. The van der Waals surface area contributed by atoms with Gasteiger partial charge in [-0.1, -0.05) is 6.42 Å². The number of likely N-dealkylation sites (tertiary alicyclic amines) is 1. The second-order valence-corrected chi connectivity index (χ2v) is 7.07. The van der Waals surface area contributed by atoms with Crippen LogP contribution in [-0.4, -0.2) is 33.9 Å². The third kappa shape index (κ3) is 3.89. The number of hydrogen-bond acceptors (Lipinski definition) is 7. The number of piperidine rings is 1. The molecular formula is C14H19N5OS2. The monoisotopic (exact) mass is 337 g/mol. The van der Waals surface area contributed by atoms with Crippen molar-refractivity contribution in [2.75, 3.05) is 18.4 Å². The molecule has 0 unspecified atom stereocenters. The third-order valence-corrected chi connectivity index (χ3v) is 5.24. The molecule has 0 spiro atoms. The van der Waals surface area contributed by atoms with E-state index in [1.165, 1.54) is 41.9 Å². The van der Waals surface area contributed by atoms with Gasteiger partial charge in [0.25, 0.3) is 5.91 Å². The van der Waals surface area contributed by atoms with E-state index in [4.69, 9.17) is 5.73 Å². The number of hydrogen-bond donors (Lipinski definition) is 2. The van der Waals surface area contributed by atoms with Crippen molar-refractivity contribution < 1.29 is 4.79 Å². The largest absolute Gasteiger partial charge is 0.325 e. The molecule has 1 amide bonds. The summed E-state index contributed by atoms with van der Waals surface area (Å²) in [6.45, 7) is 3.50. The van der Waals surface area contributed by atoms with Crippen molar-refractivity contribution in [1.82, 2.24) is 14.9 Å². The lowest BCUT2D eigenvalue weighted by Crippen LogP contribution is -2.29. The fourth-order valence-corrected chi connectivity index (χ4v) is 3.80. The van der Waals surface area contributed by atoms with E-state index in [1.807, 2.05) is 5.38 Å². The quantitative estimate of drug-likeness (QED) is 0.874. The second-order valence-electron chi connectivity index (χ2n) is 5.27. The molecule has 3 heterocycles. The summed E-state index contributed by atoms with van der Waals surface area (Å²) in [6, 6.07) is 0. The summed E-state index contributed by atoms with van der Waals surface area (Å²) >= 11 is 2.85. The maximum atomic E-state index is 12.1. The lowest BCUT2D eigenvalue weighted by Gasteiger charge is -2.25. The molecule has 3 rings (SSSR count). The Balaban J connectivity index is 1.57. The lowest BCUT2D eigenvalue weighted by atomic mass is 10.1. The number of anilines is 1. The minimum atomic E-state index is -0.227. The highest BCUT2D eigenvalue weighted by Crippen LogP contribution is 2.20. The Labute approximate surface area is 137 Å². The molecule has 2 aromatic heterocycles. The topological polar surface area (TPSA) is 84.1 Å². The van der Waals surface area contributed by atoms with E-state index < -0.39 is 0 Å². The summed E-state index contributed by atoms with van der Waals surface area (Å²) in [5, 5.41) is 7.92. The Hall–Kier alpha value is -1.35. The minimum absolute atomic E-state index is 0.227. The molecule has 22 heavy (non-hydrogen) atoms. The number of amides is 1. The number of carbonyl (C=O) groups excluding carboxylic acids is 1. The SMILES string of the molecule is NCc1nc(C(=O)Nc2nc(CN3CCCCC3)cs2)cs1. The van der Waals surface area contributed by atoms with Crippen LogP contribution in [0.25, 0.3) is 0 Å². The summed E-state index contributed by atoms with van der Waals surface area (Å²) < 4.78 is 0. The number of nitrogens with one attached hydrogen (secondary N) is 1. The van der Waals surface area contributed by atoms with Crippen molar-refractivity contribution in [3.05, 3.63) is 27.2 Å². The normalized spacial score (nSPS) is 15.9. The van der Waals surface area contributed by atoms with Gasteiger partial charge in [0.2, 0.25) is 0 Å². The van der Waals surface area contributed by atoms with Gasteiger partial charge in [0.15, 0.2) is 5.13 Å². The van der Waals surface area contributed by atoms with Gasteiger partial charge in [-0.2, -0.15) is 0 Å². The molecule has 1 fully saturated rings. The minimum Gasteiger partial charge on any atom is -0.325 e. The van der Waals surface area contributed by atoms with Gasteiger partial charge >= 0.3 is 0 Å². The van der Waals surface area contributed by atoms with Gasteiger partial charge in [0.1, 0.15) is 10.7 Å². The van der Waals surface area contributed by atoms with Crippen molar-refractivity contribution >= 4 is 33.7 Å². The highest BCUT2D eigenvalue weighted by atomic mass is 32.1. The van der Waals surface area contributed by atoms with Crippen LogP contribution in [0, 0.1) is 0 Å². The molecule has 0 saturated carbocycles. The Morgan fingerprint density at radius 1 is 1.23 bits per heavy atom. The molecule has 6 nitrogen and oxygen atoms in total. The maximum absolute atomic E-state index is 12.1. The van der Waals surface area contributed by atoms with E-state index in [9.17, 15) is 4.79 Å². The molecule has 1 aliphatic rings. The van der Waals surface area contributed by atoms with Crippen LogP contribution in [-0.2, 0) is 13.1 Å². The van der Waals surface area contributed by atoms with Crippen LogP contribution in [0.15, 0.2) is 10.8 Å². The van der Waals surface area contributed by atoms with Crippen LogP contribution in [0.1, 0.15) is 40.5 Å². The first-order valence-corrected chi connectivity index (χ1v) is 9.13. The highest BCUT2D eigenvalue weighted by Gasteiger charge is 2.15. The number of carbonyl (C=O) groups is 1. The summed E-state index contributed by atoms with van der Waals surface area (Å²) in [4.78, 5) is 23.2. The van der Waals surface area contributed by atoms with E-state index >= 15 is 0 Å². The van der Waals surface area contributed by atoms with Gasteiger partial charge in [-0.15, -0.1) is 22.7 Å². The van der Waals surface area contributed by atoms with Crippen LogP contribution in [0.2, 0.25) is 0 Å². The number of aromatic nitrogens is 2. The van der Waals surface area contributed by atoms with Crippen molar-refractivity contribution in [1.29, 1.82) is 0 Å². The van der Waals surface area contributed by atoms with E-state index in [2.05, 4.69) is 20.2 Å². The van der Waals surface area contributed by atoms with E-state index in [0.717, 1.165) is 30.3 Å². The van der Waals surface area contributed by atoms with E-state index in [1.54, 1.807) is 5.38 Å². The average Bonchev–Trinajstić information content (AvgIpc) is 3.17. The van der Waals surface area contributed by atoms with Gasteiger partial charge in [0, 0.05) is 23.8 Å². The Bertz CT molecular complexity index is 633. The molecule has 0 bridgehead atoms. The fourth-order valence-electron chi connectivity index (χ4n) is 2.45.